The maximum Gasteiger partial charge on any atom is 0.239 e. The third-order valence-electron chi connectivity index (χ3n) is 2.86. The Kier molecular flexibility index (Phi) is 4.35. The van der Waals surface area contributed by atoms with Crippen molar-refractivity contribution in [3.8, 4) is 11.6 Å². The lowest BCUT2D eigenvalue weighted by atomic mass is 10.2. The molecular weight excluding hydrogens is 331 g/mol. The van der Waals surface area contributed by atoms with Crippen molar-refractivity contribution in [1.82, 2.24) is 10.1 Å². The quantitative estimate of drug-likeness (QED) is 0.710. The molecule has 1 aromatic carbocycles. The standard InChI is InChI=1S/C14H10ClFN2O3S/c15-10-3-1-4-11(16)9(10)7-22(19)8-13-17-14(18-21-13)12-5-2-6-20-12/h1-6H,7-8H2/t22-/m1/s1. The molecule has 0 saturated carbocycles. The molecule has 2 heterocycles. The summed E-state index contributed by atoms with van der Waals surface area (Å²) >= 11 is 5.91. The van der Waals surface area contributed by atoms with E-state index >= 15 is 0 Å². The van der Waals surface area contributed by atoms with Crippen molar-refractivity contribution in [2.45, 2.75) is 11.5 Å². The van der Waals surface area contributed by atoms with Crippen LogP contribution in [0.1, 0.15) is 11.5 Å². The summed E-state index contributed by atoms with van der Waals surface area (Å²) in [6.45, 7) is 0. The molecule has 0 aliphatic rings. The lowest BCUT2D eigenvalue weighted by Crippen LogP contribution is -2.02. The molecule has 0 amide bonds. The van der Waals surface area contributed by atoms with Crippen LogP contribution >= 0.6 is 11.6 Å². The highest BCUT2D eigenvalue weighted by atomic mass is 35.5. The molecule has 0 spiro atoms. The molecule has 1 atom stereocenters. The van der Waals surface area contributed by atoms with E-state index in [2.05, 4.69) is 10.1 Å². The fourth-order valence-electron chi connectivity index (χ4n) is 1.84. The van der Waals surface area contributed by atoms with Gasteiger partial charge in [0.2, 0.25) is 11.7 Å². The van der Waals surface area contributed by atoms with Gasteiger partial charge < -0.3 is 8.94 Å². The third kappa shape index (κ3) is 3.26. The summed E-state index contributed by atoms with van der Waals surface area (Å²) in [5, 5.41) is 3.98. The molecule has 0 saturated heterocycles. The van der Waals surface area contributed by atoms with Gasteiger partial charge in [-0.1, -0.05) is 22.8 Å². The highest BCUT2D eigenvalue weighted by Crippen LogP contribution is 2.22. The van der Waals surface area contributed by atoms with E-state index in [1.807, 2.05) is 0 Å². The predicted molar refractivity (Wildman–Crippen MR) is 79.0 cm³/mol. The Morgan fingerprint density at radius 1 is 1.23 bits per heavy atom. The number of furan rings is 1. The Labute approximate surface area is 132 Å². The average Bonchev–Trinajstić information content (AvgIpc) is 3.13. The van der Waals surface area contributed by atoms with Gasteiger partial charge in [-0.05, 0) is 24.3 Å². The minimum absolute atomic E-state index is 0.0123. The Morgan fingerprint density at radius 2 is 2.09 bits per heavy atom. The zero-order valence-electron chi connectivity index (χ0n) is 11.2. The largest absolute Gasteiger partial charge is 0.461 e. The second kappa shape index (κ2) is 6.41. The van der Waals surface area contributed by atoms with Crippen LogP contribution < -0.4 is 0 Å². The summed E-state index contributed by atoms with van der Waals surface area (Å²) in [5.74, 6) is 0.432. The Balaban J connectivity index is 1.70. The van der Waals surface area contributed by atoms with E-state index in [4.69, 9.17) is 20.5 Å². The van der Waals surface area contributed by atoms with E-state index < -0.39 is 16.6 Å². The molecule has 3 aromatic rings. The molecule has 2 aromatic heterocycles. The molecule has 0 aliphatic heterocycles. The van der Waals surface area contributed by atoms with E-state index in [-0.39, 0.29) is 33.8 Å². The molecule has 8 heteroatoms. The van der Waals surface area contributed by atoms with Gasteiger partial charge >= 0.3 is 0 Å². The van der Waals surface area contributed by atoms with Crippen LogP contribution in [-0.4, -0.2) is 14.3 Å². The summed E-state index contributed by atoms with van der Waals surface area (Å²) in [5.41, 5.74) is 0.216. The zero-order valence-corrected chi connectivity index (χ0v) is 12.7. The molecule has 22 heavy (non-hydrogen) atoms. The van der Waals surface area contributed by atoms with Gasteiger partial charge in [0.1, 0.15) is 11.6 Å². The highest BCUT2D eigenvalue weighted by Gasteiger charge is 2.16. The second-order valence-electron chi connectivity index (χ2n) is 4.42. The Bertz CT molecular complexity index is 784. The highest BCUT2D eigenvalue weighted by molar-refractivity contribution is 7.83. The normalized spacial score (nSPS) is 12.5. The molecule has 5 nitrogen and oxygen atoms in total. The average molecular weight is 341 g/mol. The lowest BCUT2D eigenvalue weighted by Gasteiger charge is -2.04. The molecule has 0 bridgehead atoms. The van der Waals surface area contributed by atoms with Crippen LogP contribution in [0, 0.1) is 5.82 Å². The number of benzene rings is 1. The molecule has 0 fully saturated rings. The molecule has 3 rings (SSSR count). The maximum atomic E-state index is 13.7. The Hall–Kier alpha value is -1.99. The van der Waals surface area contributed by atoms with Gasteiger partial charge in [-0.15, -0.1) is 0 Å². The smallest absolute Gasteiger partial charge is 0.239 e. The number of rotatable bonds is 5. The SMILES string of the molecule is O=[S@@](Cc1nc(-c2ccco2)no1)Cc1c(F)cccc1Cl. The van der Waals surface area contributed by atoms with E-state index in [1.165, 1.54) is 18.4 Å². The first kappa shape index (κ1) is 14.9. The van der Waals surface area contributed by atoms with E-state index in [9.17, 15) is 8.60 Å². The van der Waals surface area contributed by atoms with Crippen LogP contribution in [0.2, 0.25) is 5.02 Å². The number of nitrogens with zero attached hydrogens (tertiary/aromatic N) is 2. The van der Waals surface area contributed by atoms with Gasteiger partial charge in [0.05, 0.1) is 12.0 Å². The van der Waals surface area contributed by atoms with Crippen molar-refractivity contribution in [3.63, 3.8) is 0 Å². The number of halogens is 2. The molecular formula is C14H10ClFN2O3S. The van der Waals surface area contributed by atoms with E-state index in [0.29, 0.717) is 5.76 Å². The summed E-state index contributed by atoms with van der Waals surface area (Å²) in [6, 6.07) is 7.71. The fraction of sp³-hybridized carbons (Fsp3) is 0.143. The molecule has 0 unspecified atom stereocenters. The predicted octanol–water partition coefficient (Wildman–Crippen LogP) is 3.57. The van der Waals surface area contributed by atoms with Gasteiger partial charge in [-0.25, -0.2) is 4.39 Å². The van der Waals surface area contributed by atoms with Crippen molar-refractivity contribution in [2.75, 3.05) is 0 Å². The van der Waals surface area contributed by atoms with Crippen molar-refractivity contribution in [2.24, 2.45) is 0 Å². The van der Waals surface area contributed by atoms with Crippen LogP contribution in [0.25, 0.3) is 11.6 Å². The first-order chi connectivity index (χ1) is 10.6. The number of aromatic nitrogens is 2. The van der Waals surface area contributed by atoms with Gasteiger partial charge in [-0.2, -0.15) is 4.98 Å². The Morgan fingerprint density at radius 3 is 2.82 bits per heavy atom. The van der Waals surface area contributed by atoms with Crippen molar-refractivity contribution in [3.05, 3.63) is 58.9 Å². The van der Waals surface area contributed by atoms with E-state index in [1.54, 1.807) is 18.2 Å². The molecule has 0 radical (unpaired) electrons. The first-order valence-electron chi connectivity index (χ1n) is 6.28. The summed E-state index contributed by atoms with van der Waals surface area (Å²) in [4.78, 5) is 4.09. The molecule has 0 N–H and O–H groups in total. The third-order valence-corrected chi connectivity index (χ3v) is 4.39. The first-order valence-corrected chi connectivity index (χ1v) is 8.14. The monoisotopic (exact) mass is 340 g/mol. The summed E-state index contributed by atoms with van der Waals surface area (Å²) in [6.07, 6.45) is 1.49. The van der Waals surface area contributed by atoms with Gasteiger partial charge in [0.25, 0.3) is 0 Å². The second-order valence-corrected chi connectivity index (χ2v) is 6.28. The minimum atomic E-state index is -1.43. The van der Waals surface area contributed by atoms with Crippen LogP contribution in [0.5, 0.6) is 0 Å². The van der Waals surface area contributed by atoms with Crippen molar-refractivity contribution in [1.29, 1.82) is 0 Å². The number of hydrogen-bond donors (Lipinski definition) is 0. The van der Waals surface area contributed by atoms with Gasteiger partial charge in [0, 0.05) is 21.4 Å². The molecule has 0 aliphatic carbocycles. The minimum Gasteiger partial charge on any atom is -0.461 e. The fourth-order valence-corrected chi connectivity index (χ4v) is 3.26. The van der Waals surface area contributed by atoms with Crippen molar-refractivity contribution < 1.29 is 17.5 Å². The van der Waals surface area contributed by atoms with Crippen LogP contribution in [0.4, 0.5) is 4.39 Å². The molecule has 114 valence electrons. The number of hydrogen-bond acceptors (Lipinski definition) is 5. The maximum absolute atomic E-state index is 13.7. The van der Waals surface area contributed by atoms with Crippen LogP contribution in [-0.2, 0) is 22.3 Å². The van der Waals surface area contributed by atoms with Gasteiger partial charge in [-0.3, -0.25) is 4.21 Å². The van der Waals surface area contributed by atoms with Gasteiger partial charge in [0.15, 0.2) is 5.76 Å². The van der Waals surface area contributed by atoms with Crippen LogP contribution in [0.3, 0.4) is 0 Å². The topological polar surface area (TPSA) is 69.1 Å². The van der Waals surface area contributed by atoms with Crippen LogP contribution in [0.15, 0.2) is 45.5 Å². The van der Waals surface area contributed by atoms with E-state index in [0.717, 1.165) is 0 Å². The zero-order chi connectivity index (χ0) is 15.5. The lowest BCUT2D eigenvalue weighted by molar-refractivity contribution is 0.389. The summed E-state index contributed by atoms with van der Waals surface area (Å²) in [7, 11) is -1.43. The summed E-state index contributed by atoms with van der Waals surface area (Å²) < 4.78 is 35.9. The van der Waals surface area contributed by atoms with Crippen molar-refractivity contribution >= 4 is 22.4 Å².